The van der Waals surface area contributed by atoms with Crippen LogP contribution in [-0.2, 0) is 25.7 Å². The average molecular weight is 983 g/mol. The number of unbranched alkanes of at least 4 members (excludes halogenated alkanes) is 2. The molecule has 8 bridgehead atoms. The van der Waals surface area contributed by atoms with Crippen molar-refractivity contribution < 1.29 is 18.9 Å². The van der Waals surface area contributed by atoms with Gasteiger partial charge >= 0.3 is 0 Å². The summed E-state index contributed by atoms with van der Waals surface area (Å²) in [5.74, 6) is 4.88. The molecular formula is C54H74N14O4. The number of fused-ring (bicyclic) bond motifs is 8. The van der Waals surface area contributed by atoms with Gasteiger partial charge in [-0.25, -0.2) is 0 Å². The molecule has 4 aromatic carbocycles. The molecule has 0 spiro atoms. The highest BCUT2D eigenvalue weighted by atomic mass is 16.5. The second-order valence-corrected chi connectivity index (χ2v) is 17.9. The van der Waals surface area contributed by atoms with Crippen LogP contribution < -0.4 is 63.1 Å². The molecule has 2 heterocycles. The highest BCUT2D eigenvalue weighted by Crippen LogP contribution is 2.41. The third kappa shape index (κ3) is 14.5. The minimum absolute atomic E-state index is 0.102. The molecule has 1 aliphatic rings. The second-order valence-electron chi connectivity index (χ2n) is 17.9. The smallest absolute Gasteiger partial charge is 0.233 e. The Kier molecular flexibility index (Phi) is 19.6. The van der Waals surface area contributed by atoms with Crippen molar-refractivity contribution >= 4 is 47.1 Å². The number of anilines is 8. The Morgan fingerprint density at radius 3 is 1.03 bits per heavy atom. The van der Waals surface area contributed by atoms with Gasteiger partial charge in [0, 0.05) is 72.4 Å². The number of ether oxygens (including phenoxy) is 4. The monoisotopic (exact) mass is 983 g/mol. The molecule has 12 N–H and O–H groups in total. The summed E-state index contributed by atoms with van der Waals surface area (Å²) in [7, 11) is 0. The first-order valence-electron chi connectivity index (χ1n) is 25.7. The molecule has 0 unspecified atom stereocenters. The molecule has 7 rings (SSSR count). The van der Waals surface area contributed by atoms with Crippen LogP contribution in [0.25, 0.3) is 0 Å². The van der Waals surface area contributed by atoms with Crippen molar-refractivity contribution in [2.45, 2.75) is 105 Å². The van der Waals surface area contributed by atoms with E-state index in [1.165, 1.54) is 0 Å². The van der Waals surface area contributed by atoms with Gasteiger partial charge in [-0.2, -0.15) is 29.9 Å². The standard InChI is InChI=1S/C54H74N14O4/c1-5-23-69-45-35-15-13-16-36(45)28-40-32-44(62-54-66-50(58)64-52(68-54)60-22-12-10-20-56)34-42(48(40)72-26-8-4)30-38-18-14-17-37(46(38)70-24-6-2)29-41-33-43(31-39(27-35)47(41)71-25-7-3)61-53-65-49(57)63-51(67-53)59-21-11-9-19-55/h13-18,31-34H,5-12,19-30,55-56H2,1-4H3,(H4,57,59,61,63,65,67)(H4,58,60,62,64,66,68). The number of nitrogens with two attached hydrogens (primary N) is 4. The molecule has 0 atom stereocenters. The van der Waals surface area contributed by atoms with E-state index in [2.05, 4.69) is 130 Å². The first kappa shape index (κ1) is 52.6. The molecule has 18 nitrogen and oxygen atoms in total. The third-order valence-electron chi connectivity index (χ3n) is 11.8. The highest BCUT2D eigenvalue weighted by molar-refractivity contribution is 5.66. The summed E-state index contributed by atoms with van der Waals surface area (Å²) in [4.78, 5) is 27.1. The van der Waals surface area contributed by atoms with E-state index in [1.807, 2.05) is 0 Å². The molecule has 0 saturated carbocycles. The molecule has 2 aromatic heterocycles. The van der Waals surface area contributed by atoms with Crippen molar-refractivity contribution in [3.63, 3.8) is 0 Å². The second kappa shape index (κ2) is 26.9. The quantitative estimate of drug-likeness (QED) is 0.0235. The molecular weight excluding hydrogens is 909 g/mol. The van der Waals surface area contributed by atoms with E-state index in [4.69, 9.17) is 51.9 Å². The van der Waals surface area contributed by atoms with Crippen molar-refractivity contribution in [2.75, 3.05) is 85.3 Å². The van der Waals surface area contributed by atoms with Crippen LogP contribution in [0.5, 0.6) is 23.0 Å². The van der Waals surface area contributed by atoms with Crippen LogP contribution in [0.2, 0.25) is 0 Å². The Morgan fingerprint density at radius 2 is 0.722 bits per heavy atom. The largest absolute Gasteiger partial charge is 0.493 e. The van der Waals surface area contributed by atoms with Crippen LogP contribution >= 0.6 is 0 Å². The normalized spacial score (nSPS) is 12.0. The molecule has 0 fully saturated rings. The number of nitrogens with zero attached hydrogens (tertiary/aromatic N) is 6. The molecule has 1 aliphatic carbocycles. The number of aromatic nitrogens is 6. The van der Waals surface area contributed by atoms with Gasteiger partial charge in [0.15, 0.2) is 0 Å². The Morgan fingerprint density at radius 1 is 0.417 bits per heavy atom. The van der Waals surface area contributed by atoms with Crippen LogP contribution in [-0.4, -0.2) is 82.5 Å². The number of hydrogen-bond donors (Lipinski definition) is 8. The van der Waals surface area contributed by atoms with Crippen molar-refractivity contribution in [2.24, 2.45) is 11.5 Å². The van der Waals surface area contributed by atoms with Crippen molar-refractivity contribution in [3.05, 3.63) is 105 Å². The number of benzene rings is 4. The van der Waals surface area contributed by atoms with Gasteiger partial charge in [-0.3, -0.25) is 0 Å². The van der Waals surface area contributed by atoms with Gasteiger partial charge in [0.05, 0.1) is 26.4 Å². The lowest BCUT2D eigenvalue weighted by Gasteiger charge is -2.24. The lowest BCUT2D eigenvalue weighted by Crippen LogP contribution is -2.12. The van der Waals surface area contributed by atoms with E-state index in [9.17, 15) is 0 Å². The lowest BCUT2D eigenvalue weighted by molar-refractivity contribution is 0.304. The summed E-state index contributed by atoms with van der Waals surface area (Å²) in [6.07, 6.45) is 8.81. The minimum atomic E-state index is 0.102. The fourth-order valence-electron chi connectivity index (χ4n) is 8.64. The van der Waals surface area contributed by atoms with Gasteiger partial charge in [0.2, 0.25) is 35.7 Å². The van der Waals surface area contributed by atoms with Crippen LogP contribution in [0.3, 0.4) is 0 Å². The summed E-state index contributed by atoms with van der Waals surface area (Å²) in [5, 5.41) is 13.5. The van der Waals surface area contributed by atoms with Gasteiger partial charge < -0.3 is 63.1 Å². The predicted octanol–water partition coefficient (Wildman–Crippen LogP) is 8.84. The molecule has 72 heavy (non-hydrogen) atoms. The van der Waals surface area contributed by atoms with Crippen molar-refractivity contribution in [1.82, 2.24) is 29.9 Å². The van der Waals surface area contributed by atoms with Gasteiger partial charge in [0.25, 0.3) is 0 Å². The van der Waals surface area contributed by atoms with E-state index < -0.39 is 0 Å². The van der Waals surface area contributed by atoms with Gasteiger partial charge in [-0.1, -0.05) is 64.1 Å². The third-order valence-corrected chi connectivity index (χ3v) is 11.8. The first-order valence-corrected chi connectivity index (χ1v) is 25.7. The lowest BCUT2D eigenvalue weighted by atomic mass is 9.90. The Labute approximate surface area is 424 Å². The zero-order chi connectivity index (χ0) is 50.7. The molecule has 0 aliphatic heterocycles. The molecule has 0 amide bonds. The van der Waals surface area contributed by atoms with Gasteiger partial charge in [0.1, 0.15) is 23.0 Å². The van der Waals surface area contributed by atoms with E-state index in [0.717, 1.165) is 130 Å². The van der Waals surface area contributed by atoms with E-state index >= 15 is 0 Å². The topological polar surface area (TPSA) is 266 Å². The first-order chi connectivity index (χ1) is 35.2. The van der Waals surface area contributed by atoms with E-state index in [0.29, 0.717) is 102 Å². The Bertz CT molecular complexity index is 2430. The molecule has 0 radical (unpaired) electrons. The number of nitrogen functional groups attached to an aromatic ring is 2. The van der Waals surface area contributed by atoms with Crippen molar-refractivity contribution in [1.29, 1.82) is 0 Å². The van der Waals surface area contributed by atoms with Gasteiger partial charge in [-0.15, -0.1) is 0 Å². The molecule has 18 heteroatoms. The summed E-state index contributed by atoms with van der Waals surface area (Å²) < 4.78 is 27.2. The fourth-order valence-corrected chi connectivity index (χ4v) is 8.64. The van der Waals surface area contributed by atoms with E-state index in [-0.39, 0.29) is 11.9 Å². The van der Waals surface area contributed by atoms with Crippen LogP contribution in [0, 0.1) is 0 Å². The Balaban J connectivity index is 1.41. The molecule has 0 saturated heterocycles. The summed E-state index contributed by atoms with van der Waals surface area (Å²) in [6, 6.07) is 21.2. The maximum absolute atomic E-state index is 6.81. The molecule has 384 valence electrons. The van der Waals surface area contributed by atoms with Gasteiger partial charge in [-0.05, 0) is 111 Å². The average Bonchev–Trinajstić information content (AvgIpc) is 3.35. The summed E-state index contributed by atoms with van der Waals surface area (Å²) >= 11 is 0. The summed E-state index contributed by atoms with van der Waals surface area (Å²) in [5.41, 5.74) is 33.5. The van der Waals surface area contributed by atoms with E-state index in [1.54, 1.807) is 0 Å². The zero-order valence-corrected chi connectivity index (χ0v) is 42.5. The fraction of sp³-hybridized carbons (Fsp3) is 0.444. The minimum Gasteiger partial charge on any atom is -0.493 e. The number of hydrogen-bond acceptors (Lipinski definition) is 18. The predicted molar refractivity (Wildman–Crippen MR) is 289 cm³/mol. The van der Waals surface area contributed by atoms with Crippen molar-refractivity contribution in [3.8, 4) is 23.0 Å². The molecule has 6 aromatic rings. The SMILES string of the molecule is CCCOc1c2cccc1Cc1cc(Nc3nc(N)nc(NCCCCN)n3)cc(c1OCCC)Cc1cccc(c1OCCC)Cc1cc(Nc3nc(N)nc(NCCCCN)n3)cc(c1OCCC)C2. The Hall–Kier alpha value is -7.18. The van der Waals surface area contributed by atoms with Crippen LogP contribution in [0.1, 0.15) is 124 Å². The maximum atomic E-state index is 6.81. The summed E-state index contributed by atoms with van der Waals surface area (Å²) in [6.45, 7) is 13.1. The van der Waals surface area contributed by atoms with Crippen LogP contribution in [0.4, 0.5) is 47.1 Å². The number of para-hydroxylation sites is 2. The zero-order valence-electron chi connectivity index (χ0n) is 42.5. The van der Waals surface area contributed by atoms with Crippen LogP contribution in [0.15, 0.2) is 60.7 Å². The highest BCUT2D eigenvalue weighted by Gasteiger charge is 2.24. The number of rotatable bonds is 26. The number of nitrogens with one attached hydrogen (secondary N) is 4. The maximum Gasteiger partial charge on any atom is 0.233 e.